The van der Waals surface area contributed by atoms with Gasteiger partial charge in [0.2, 0.25) is 0 Å². The summed E-state index contributed by atoms with van der Waals surface area (Å²) in [5, 5.41) is 9.55. The highest BCUT2D eigenvalue weighted by molar-refractivity contribution is 9.10. The quantitative estimate of drug-likeness (QED) is 0.470. The largest absolute Gasteiger partial charge is 0.256 e. The smallest absolute Gasteiger partial charge is 0.114 e. The number of nitrogens with zero attached hydrogens (tertiary/aromatic N) is 4. The highest BCUT2D eigenvalue weighted by Gasteiger charge is 2.10. The van der Waals surface area contributed by atoms with Crippen LogP contribution < -0.4 is 0 Å². The zero-order valence-corrected chi connectivity index (χ0v) is 13.8. The molecule has 2 aromatic carbocycles. The molecule has 102 valence electrons. The van der Waals surface area contributed by atoms with Gasteiger partial charge < -0.3 is 0 Å². The molecular weight excluding hydrogens is 396 g/mol. The summed E-state index contributed by atoms with van der Waals surface area (Å²) in [5.41, 5.74) is 3.71. The predicted molar refractivity (Wildman–Crippen MR) is 89.6 cm³/mol. The van der Waals surface area contributed by atoms with Crippen LogP contribution in [0.1, 0.15) is 0 Å². The molecule has 0 saturated carbocycles. The van der Waals surface area contributed by atoms with Crippen LogP contribution in [0, 0.1) is 0 Å². The SMILES string of the molecule is Brc1ccc2c(c1)nnn2-c1ccnc2ccc(Br)cc12. The summed E-state index contributed by atoms with van der Waals surface area (Å²) in [7, 11) is 0. The molecule has 2 aromatic heterocycles. The van der Waals surface area contributed by atoms with E-state index in [1.165, 1.54) is 0 Å². The first-order valence-corrected chi connectivity index (χ1v) is 7.86. The Kier molecular flexibility index (Phi) is 3.01. The number of hydrogen-bond acceptors (Lipinski definition) is 3. The molecular formula is C15H8Br2N4. The van der Waals surface area contributed by atoms with Gasteiger partial charge in [0, 0.05) is 20.5 Å². The highest BCUT2D eigenvalue weighted by Crippen LogP contribution is 2.26. The predicted octanol–water partition coefficient (Wildman–Crippen LogP) is 4.49. The van der Waals surface area contributed by atoms with Crippen molar-refractivity contribution in [3.63, 3.8) is 0 Å². The molecule has 0 radical (unpaired) electrons. The molecule has 4 aromatic rings. The third-order valence-corrected chi connectivity index (χ3v) is 4.30. The van der Waals surface area contributed by atoms with E-state index in [4.69, 9.17) is 0 Å². The molecule has 0 bridgehead atoms. The van der Waals surface area contributed by atoms with Crippen molar-refractivity contribution < 1.29 is 0 Å². The molecule has 0 aliphatic rings. The molecule has 2 heterocycles. The Hall–Kier alpha value is -1.79. The van der Waals surface area contributed by atoms with Gasteiger partial charge in [0.15, 0.2) is 0 Å². The van der Waals surface area contributed by atoms with Crippen LogP contribution in [0.4, 0.5) is 0 Å². The molecule has 4 rings (SSSR count). The van der Waals surface area contributed by atoms with Gasteiger partial charge in [0.1, 0.15) is 5.52 Å². The number of hydrogen-bond donors (Lipinski definition) is 0. The Morgan fingerprint density at radius 1 is 0.857 bits per heavy atom. The van der Waals surface area contributed by atoms with E-state index in [0.29, 0.717) is 0 Å². The van der Waals surface area contributed by atoms with Crippen molar-refractivity contribution in [2.45, 2.75) is 0 Å². The van der Waals surface area contributed by atoms with Crippen LogP contribution in [0.2, 0.25) is 0 Å². The van der Waals surface area contributed by atoms with E-state index in [0.717, 1.165) is 36.6 Å². The monoisotopic (exact) mass is 402 g/mol. The molecule has 0 aliphatic carbocycles. The Labute approximate surface area is 137 Å². The topological polar surface area (TPSA) is 43.6 Å². The lowest BCUT2D eigenvalue weighted by atomic mass is 10.2. The van der Waals surface area contributed by atoms with Gasteiger partial charge in [-0.05, 0) is 42.5 Å². The first kappa shape index (κ1) is 12.9. The lowest BCUT2D eigenvalue weighted by Crippen LogP contribution is -1.98. The number of fused-ring (bicyclic) bond motifs is 2. The van der Waals surface area contributed by atoms with E-state index in [2.05, 4.69) is 47.2 Å². The van der Waals surface area contributed by atoms with Crippen LogP contribution in [0.25, 0.3) is 27.6 Å². The van der Waals surface area contributed by atoms with Crippen molar-refractivity contribution in [1.82, 2.24) is 20.0 Å². The Morgan fingerprint density at radius 2 is 1.67 bits per heavy atom. The van der Waals surface area contributed by atoms with E-state index < -0.39 is 0 Å². The minimum absolute atomic E-state index is 0.851. The van der Waals surface area contributed by atoms with E-state index in [1.54, 1.807) is 6.20 Å². The summed E-state index contributed by atoms with van der Waals surface area (Å²) in [6.45, 7) is 0. The number of rotatable bonds is 1. The average Bonchev–Trinajstić information content (AvgIpc) is 2.89. The van der Waals surface area contributed by atoms with Gasteiger partial charge >= 0.3 is 0 Å². The van der Waals surface area contributed by atoms with Gasteiger partial charge in [-0.15, -0.1) is 5.10 Å². The van der Waals surface area contributed by atoms with Crippen LogP contribution in [-0.4, -0.2) is 20.0 Å². The van der Waals surface area contributed by atoms with Gasteiger partial charge in [0.05, 0.1) is 16.7 Å². The third kappa shape index (κ3) is 2.15. The Bertz CT molecular complexity index is 978. The lowest BCUT2D eigenvalue weighted by molar-refractivity contribution is 0.828. The molecule has 21 heavy (non-hydrogen) atoms. The Balaban J connectivity index is 2.06. The molecule has 0 unspecified atom stereocenters. The number of benzene rings is 2. The van der Waals surface area contributed by atoms with E-state index in [-0.39, 0.29) is 0 Å². The maximum atomic E-state index is 4.40. The maximum absolute atomic E-state index is 4.40. The number of halogens is 2. The van der Waals surface area contributed by atoms with Gasteiger partial charge in [-0.1, -0.05) is 37.1 Å². The first-order chi connectivity index (χ1) is 10.2. The Morgan fingerprint density at radius 3 is 2.57 bits per heavy atom. The second-order valence-corrected chi connectivity index (χ2v) is 6.46. The van der Waals surface area contributed by atoms with E-state index in [9.17, 15) is 0 Å². The van der Waals surface area contributed by atoms with Gasteiger partial charge in [-0.2, -0.15) is 0 Å². The molecule has 0 spiro atoms. The van der Waals surface area contributed by atoms with Crippen LogP contribution in [0.3, 0.4) is 0 Å². The fourth-order valence-corrected chi connectivity index (χ4v) is 3.07. The van der Waals surface area contributed by atoms with Crippen LogP contribution >= 0.6 is 31.9 Å². The third-order valence-electron chi connectivity index (χ3n) is 3.32. The zero-order valence-electron chi connectivity index (χ0n) is 10.7. The molecule has 0 saturated heterocycles. The fourth-order valence-electron chi connectivity index (χ4n) is 2.36. The van der Waals surface area contributed by atoms with Crippen LogP contribution in [0.15, 0.2) is 57.6 Å². The number of pyridine rings is 1. The molecule has 0 amide bonds. The van der Waals surface area contributed by atoms with Crippen LogP contribution in [0.5, 0.6) is 0 Å². The van der Waals surface area contributed by atoms with Crippen molar-refractivity contribution >= 4 is 53.8 Å². The van der Waals surface area contributed by atoms with Gasteiger partial charge in [0.25, 0.3) is 0 Å². The zero-order chi connectivity index (χ0) is 14.4. The number of aromatic nitrogens is 4. The van der Waals surface area contributed by atoms with Crippen molar-refractivity contribution in [2.75, 3.05) is 0 Å². The summed E-state index contributed by atoms with van der Waals surface area (Å²) in [6.07, 6.45) is 1.79. The molecule has 0 N–H and O–H groups in total. The highest BCUT2D eigenvalue weighted by atomic mass is 79.9. The second-order valence-electron chi connectivity index (χ2n) is 4.63. The van der Waals surface area contributed by atoms with Gasteiger partial charge in [-0.3, -0.25) is 4.98 Å². The lowest BCUT2D eigenvalue weighted by Gasteiger charge is -2.07. The van der Waals surface area contributed by atoms with Crippen molar-refractivity contribution in [2.24, 2.45) is 0 Å². The minimum atomic E-state index is 0.851. The summed E-state index contributed by atoms with van der Waals surface area (Å²) >= 11 is 6.96. The standard InChI is InChI=1S/C15H8Br2N4/c16-9-1-3-12-11(7-9)14(5-6-18-12)21-15-4-2-10(17)8-13(15)19-20-21/h1-8H. The molecule has 0 aliphatic heterocycles. The molecule has 4 nitrogen and oxygen atoms in total. The van der Waals surface area contributed by atoms with Gasteiger partial charge in [-0.25, -0.2) is 4.68 Å². The fraction of sp³-hybridized carbons (Fsp3) is 0. The van der Waals surface area contributed by atoms with E-state index in [1.807, 2.05) is 47.1 Å². The summed E-state index contributed by atoms with van der Waals surface area (Å²) in [4.78, 5) is 4.40. The first-order valence-electron chi connectivity index (χ1n) is 6.28. The molecule has 6 heteroatoms. The summed E-state index contributed by atoms with van der Waals surface area (Å²) in [5.74, 6) is 0. The minimum Gasteiger partial charge on any atom is -0.256 e. The normalized spacial score (nSPS) is 11.3. The average molecular weight is 404 g/mol. The van der Waals surface area contributed by atoms with Crippen molar-refractivity contribution in [1.29, 1.82) is 0 Å². The van der Waals surface area contributed by atoms with Crippen molar-refractivity contribution in [3.8, 4) is 5.69 Å². The summed E-state index contributed by atoms with van der Waals surface area (Å²) < 4.78 is 3.85. The summed E-state index contributed by atoms with van der Waals surface area (Å²) in [6, 6.07) is 13.9. The van der Waals surface area contributed by atoms with E-state index >= 15 is 0 Å². The maximum Gasteiger partial charge on any atom is 0.114 e. The molecule has 0 atom stereocenters. The van der Waals surface area contributed by atoms with Crippen molar-refractivity contribution in [3.05, 3.63) is 57.6 Å². The molecule has 0 fully saturated rings. The van der Waals surface area contributed by atoms with Crippen LogP contribution in [-0.2, 0) is 0 Å². The second kappa shape index (κ2) is 4.89.